The van der Waals surface area contributed by atoms with Gasteiger partial charge in [-0.3, -0.25) is 4.79 Å². The van der Waals surface area contributed by atoms with E-state index in [0.29, 0.717) is 37.6 Å². The van der Waals surface area contributed by atoms with E-state index < -0.39 is 16.1 Å². The molecule has 0 radical (unpaired) electrons. The summed E-state index contributed by atoms with van der Waals surface area (Å²) in [4.78, 5) is 12.7. The summed E-state index contributed by atoms with van der Waals surface area (Å²) in [7, 11) is -3.43. The molecule has 0 unspecified atom stereocenters. The number of hydrogen-bond acceptors (Lipinski definition) is 5. The third kappa shape index (κ3) is 6.01. The number of nitrogens with zero attached hydrogens (tertiary/aromatic N) is 1. The molecular weight excluding hydrogens is 428 g/mol. The summed E-state index contributed by atoms with van der Waals surface area (Å²) in [6, 6.07) is 12.2. The Morgan fingerprint density at radius 2 is 1.69 bits per heavy atom. The van der Waals surface area contributed by atoms with E-state index in [9.17, 15) is 13.2 Å². The molecule has 1 N–H and O–H groups in total. The number of sulfonamides is 1. The second kappa shape index (κ2) is 10.8. The molecule has 1 atom stereocenters. The van der Waals surface area contributed by atoms with Crippen LogP contribution >= 0.6 is 0 Å². The second-order valence-corrected chi connectivity index (χ2v) is 9.92. The Balaban J connectivity index is 1.45. The second-order valence-electron chi connectivity index (χ2n) is 7.98. The number of carbonyl (C=O) groups excluding carboxylic acids is 1. The fourth-order valence-electron chi connectivity index (χ4n) is 3.52. The maximum Gasteiger partial charge on any atom is 0.261 e. The van der Waals surface area contributed by atoms with Crippen molar-refractivity contribution in [2.24, 2.45) is 0 Å². The van der Waals surface area contributed by atoms with Crippen molar-refractivity contribution in [3.8, 4) is 11.5 Å². The minimum atomic E-state index is -3.43. The molecule has 1 aliphatic heterocycles. The lowest BCUT2D eigenvalue weighted by Crippen LogP contribution is -2.39. The zero-order valence-electron chi connectivity index (χ0n) is 19.0. The number of ether oxygens (including phenoxy) is 2. The first-order chi connectivity index (χ1) is 15.3. The minimum absolute atomic E-state index is 0.193. The molecule has 1 saturated heterocycles. The van der Waals surface area contributed by atoms with Crippen LogP contribution in [0.25, 0.3) is 0 Å². The zero-order valence-corrected chi connectivity index (χ0v) is 19.8. The highest BCUT2D eigenvalue weighted by molar-refractivity contribution is 7.89. The molecule has 174 valence electrons. The van der Waals surface area contributed by atoms with Crippen molar-refractivity contribution in [1.82, 2.24) is 9.62 Å². The van der Waals surface area contributed by atoms with Crippen molar-refractivity contribution in [2.45, 2.75) is 51.0 Å². The Kier molecular flexibility index (Phi) is 8.15. The van der Waals surface area contributed by atoms with Crippen LogP contribution in [0.5, 0.6) is 11.5 Å². The summed E-state index contributed by atoms with van der Waals surface area (Å²) in [5.41, 5.74) is 2.29. The van der Waals surface area contributed by atoms with E-state index in [4.69, 9.17) is 9.47 Å². The van der Waals surface area contributed by atoms with Gasteiger partial charge in [0.25, 0.3) is 5.91 Å². The highest BCUT2D eigenvalue weighted by atomic mass is 32.2. The van der Waals surface area contributed by atoms with Crippen LogP contribution in [0.15, 0.2) is 47.4 Å². The van der Waals surface area contributed by atoms with E-state index in [0.717, 1.165) is 18.4 Å². The monoisotopic (exact) mass is 460 g/mol. The van der Waals surface area contributed by atoms with Gasteiger partial charge in [0.15, 0.2) is 6.10 Å². The molecule has 1 aliphatic rings. The Morgan fingerprint density at radius 1 is 1.03 bits per heavy atom. The molecule has 8 heteroatoms. The maximum absolute atomic E-state index is 12.6. The van der Waals surface area contributed by atoms with Crippen LogP contribution in [0.2, 0.25) is 0 Å². The molecule has 2 aromatic rings. The number of hydrogen-bond donors (Lipinski definition) is 1. The van der Waals surface area contributed by atoms with E-state index >= 15 is 0 Å². The molecule has 0 spiro atoms. The fraction of sp³-hybridized carbons (Fsp3) is 0.458. The van der Waals surface area contributed by atoms with Gasteiger partial charge in [-0.25, -0.2) is 8.42 Å². The average Bonchev–Trinajstić information content (AvgIpc) is 3.33. The predicted octanol–water partition coefficient (Wildman–Crippen LogP) is 3.44. The van der Waals surface area contributed by atoms with Gasteiger partial charge in [-0.1, -0.05) is 13.0 Å². The average molecular weight is 461 g/mol. The number of nitrogens with one attached hydrogen (secondary N) is 1. The Morgan fingerprint density at radius 3 is 2.31 bits per heavy atom. The zero-order chi connectivity index (χ0) is 23.1. The third-order valence-corrected chi connectivity index (χ3v) is 7.53. The topological polar surface area (TPSA) is 84.9 Å². The van der Waals surface area contributed by atoms with Gasteiger partial charge in [0, 0.05) is 13.1 Å². The minimum Gasteiger partial charge on any atom is -0.492 e. The van der Waals surface area contributed by atoms with Crippen LogP contribution in [0, 0.1) is 13.8 Å². The van der Waals surface area contributed by atoms with E-state index in [2.05, 4.69) is 5.32 Å². The molecular formula is C24H32N2O5S. The summed E-state index contributed by atoms with van der Waals surface area (Å²) in [5, 5.41) is 2.83. The van der Waals surface area contributed by atoms with Crippen LogP contribution in [-0.4, -0.2) is 51.0 Å². The summed E-state index contributed by atoms with van der Waals surface area (Å²) in [6.45, 7) is 7.68. The van der Waals surface area contributed by atoms with Gasteiger partial charge in [-0.05, 0) is 80.6 Å². The van der Waals surface area contributed by atoms with E-state index in [1.165, 1.54) is 9.87 Å². The highest BCUT2D eigenvalue weighted by Crippen LogP contribution is 2.23. The third-order valence-electron chi connectivity index (χ3n) is 5.62. The molecule has 0 bridgehead atoms. The first-order valence-corrected chi connectivity index (χ1v) is 12.5. The molecule has 1 amide bonds. The lowest BCUT2D eigenvalue weighted by Gasteiger charge is -2.18. The summed E-state index contributed by atoms with van der Waals surface area (Å²) in [5.74, 6) is 1.04. The summed E-state index contributed by atoms with van der Waals surface area (Å²) < 4.78 is 38.1. The normalized spacial score (nSPS) is 15.3. The first-order valence-electron chi connectivity index (χ1n) is 11.1. The number of carbonyl (C=O) groups is 1. The van der Waals surface area contributed by atoms with Crippen LogP contribution in [0.1, 0.15) is 37.3 Å². The number of rotatable bonds is 10. The van der Waals surface area contributed by atoms with E-state index in [-0.39, 0.29) is 17.4 Å². The molecule has 0 aromatic heterocycles. The van der Waals surface area contributed by atoms with Crippen LogP contribution < -0.4 is 14.8 Å². The van der Waals surface area contributed by atoms with Gasteiger partial charge in [0.2, 0.25) is 10.0 Å². The molecule has 2 aromatic carbocycles. The maximum atomic E-state index is 12.6. The van der Waals surface area contributed by atoms with Gasteiger partial charge in [-0.2, -0.15) is 4.31 Å². The molecule has 0 saturated carbocycles. The summed E-state index contributed by atoms with van der Waals surface area (Å²) in [6.07, 6.45) is 1.78. The lowest BCUT2D eigenvalue weighted by molar-refractivity contribution is -0.128. The Labute approximate surface area is 190 Å². The predicted molar refractivity (Wildman–Crippen MR) is 124 cm³/mol. The SMILES string of the molecule is CC[C@@H](Oc1ccc(C)c(C)c1)C(=O)NCCOc1ccc(S(=O)(=O)N2CCCC2)cc1. The first kappa shape index (κ1) is 24.1. The molecule has 3 rings (SSSR count). The van der Waals surface area contributed by atoms with Gasteiger partial charge >= 0.3 is 0 Å². The summed E-state index contributed by atoms with van der Waals surface area (Å²) >= 11 is 0. The van der Waals surface area contributed by atoms with E-state index in [1.807, 2.05) is 39.0 Å². The number of amides is 1. The largest absolute Gasteiger partial charge is 0.492 e. The van der Waals surface area contributed by atoms with Gasteiger partial charge in [0.05, 0.1) is 11.4 Å². The molecule has 1 heterocycles. The van der Waals surface area contributed by atoms with Crippen molar-refractivity contribution in [3.05, 3.63) is 53.6 Å². The van der Waals surface area contributed by atoms with Crippen molar-refractivity contribution in [3.63, 3.8) is 0 Å². The van der Waals surface area contributed by atoms with Crippen molar-refractivity contribution < 1.29 is 22.7 Å². The lowest BCUT2D eigenvalue weighted by atomic mass is 10.1. The number of aryl methyl sites for hydroxylation is 2. The van der Waals surface area contributed by atoms with Crippen molar-refractivity contribution in [1.29, 1.82) is 0 Å². The number of benzene rings is 2. The van der Waals surface area contributed by atoms with Crippen LogP contribution in [-0.2, 0) is 14.8 Å². The van der Waals surface area contributed by atoms with Gasteiger partial charge in [-0.15, -0.1) is 0 Å². The Hall–Kier alpha value is -2.58. The van der Waals surface area contributed by atoms with Crippen LogP contribution in [0.3, 0.4) is 0 Å². The van der Waals surface area contributed by atoms with Crippen LogP contribution in [0.4, 0.5) is 0 Å². The van der Waals surface area contributed by atoms with Gasteiger partial charge in [0.1, 0.15) is 18.1 Å². The molecule has 1 fully saturated rings. The highest BCUT2D eigenvalue weighted by Gasteiger charge is 2.27. The molecule has 7 nitrogen and oxygen atoms in total. The molecule has 0 aliphatic carbocycles. The van der Waals surface area contributed by atoms with Crippen molar-refractivity contribution >= 4 is 15.9 Å². The standard InChI is InChI=1S/C24H32N2O5S/c1-4-23(31-21-8-7-18(2)19(3)17-21)24(27)25-13-16-30-20-9-11-22(12-10-20)32(28,29)26-14-5-6-15-26/h7-12,17,23H,4-6,13-16H2,1-3H3,(H,25,27)/t23-/m1/s1. The van der Waals surface area contributed by atoms with E-state index in [1.54, 1.807) is 24.3 Å². The fourth-order valence-corrected chi connectivity index (χ4v) is 5.03. The Bertz CT molecular complexity index is 1020. The quantitative estimate of drug-likeness (QED) is 0.549. The van der Waals surface area contributed by atoms with Crippen molar-refractivity contribution in [2.75, 3.05) is 26.2 Å². The smallest absolute Gasteiger partial charge is 0.261 e. The molecule has 32 heavy (non-hydrogen) atoms. The van der Waals surface area contributed by atoms with Gasteiger partial charge < -0.3 is 14.8 Å².